The number of imide groups is 1. The molecule has 1 N–H and O–H groups in total. The number of amides is 3. The summed E-state index contributed by atoms with van der Waals surface area (Å²) < 4.78 is 0. The Kier molecular flexibility index (Phi) is 2.77. The summed E-state index contributed by atoms with van der Waals surface area (Å²) in [6.07, 6.45) is 1.47. The van der Waals surface area contributed by atoms with Gasteiger partial charge in [-0.15, -0.1) is 0 Å². The summed E-state index contributed by atoms with van der Waals surface area (Å²) in [5.41, 5.74) is 0. The molecule has 2 atom stereocenters. The molecule has 2 rings (SSSR count). The van der Waals surface area contributed by atoms with E-state index in [9.17, 15) is 14.4 Å². The Balaban J connectivity index is 2.08. The van der Waals surface area contributed by atoms with Crippen molar-refractivity contribution in [2.24, 2.45) is 0 Å². The summed E-state index contributed by atoms with van der Waals surface area (Å²) in [6.45, 7) is 0.584. The second-order valence-corrected chi connectivity index (χ2v) is 4.86. The molecule has 6 heteroatoms. The molecule has 0 bridgehead atoms. The number of rotatable bonds is 1. The van der Waals surface area contributed by atoms with Gasteiger partial charge in [0.1, 0.15) is 6.04 Å². The standard InChI is InChI=1S/C9H11BrN2O3/c10-5-3-4-12(9(5)15)6-1-2-7(13)11-8(6)14/h5-6H,1-4H2,(H,11,13,14). The first-order valence-corrected chi connectivity index (χ1v) is 5.79. The Morgan fingerprint density at radius 2 is 2.00 bits per heavy atom. The first kappa shape index (κ1) is 10.6. The van der Waals surface area contributed by atoms with E-state index in [0.29, 0.717) is 19.4 Å². The Morgan fingerprint density at radius 3 is 2.53 bits per heavy atom. The van der Waals surface area contributed by atoms with Crippen molar-refractivity contribution < 1.29 is 14.4 Å². The molecule has 0 spiro atoms. The summed E-state index contributed by atoms with van der Waals surface area (Å²) in [5.74, 6) is -0.649. The predicted molar refractivity (Wildman–Crippen MR) is 55.2 cm³/mol. The topological polar surface area (TPSA) is 66.5 Å². The van der Waals surface area contributed by atoms with Gasteiger partial charge < -0.3 is 4.90 Å². The van der Waals surface area contributed by atoms with E-state index < -0.39 is 6.04 Å². The van der Waals surface area contributed by atoms with E-state index >= 15 is 0 Å². The maximum atomic E-state index is 11.6. The van der Waals surface area contributed by atoms with Gasteiger partial charge in [-0.25, -0.2) is 0 Å². The zero-order valence-corrected chi connectivity index (χ0v) is 9.62. The van der Waals surface area contributed by atoms with Crippen molar-refractivity contribution in [3.63, 3.8) is 0 Å². The summed E-state index contributed by atoms with van der Waals surface area (Å²) in [7, 11) is 0. The fourth-order valence-electron chi connectivity index (χ4n) is 1.95. The van der Waals surface area contributed by atoms with E-state index in [0.717, 1.165) is 6.42 Å². The SMILES string of the molecule is O=C1CCC(N2CCC(Br)C2=O)C(=O)N1. The summed E-state index contributed by atoms with van der Waals surface area (Å²) >= 11 is 3.25. The number of nitrogens with one attached hydrogen (secondary N) is 1. The van der Waals surface area contributed by atoms with Gasteiger partial charge in [-0.05, 0) is 12.8 Å². The molecule has 0 aliphatic carbocycles. The maximum absolute atomic E-state index is 11.6. The lowest BCUT2D eigenvalue weighted by atomic mass is 10.1. The highest BCUT2D eigenvalue weighted by atomic mass is 79.9. The molecule has 0 saturated carbocycles. The van der Waals surface area contributed by atoms with E-state index in [2.05, 4.69) is 21.2 Å². The van der Waals surface area contributed by atoms with E-state index in [1.807, 2.05) is 0 Å². The maximum Gasteiger partial charge on any atom is 0.249 e. The third-order valence-corrected chi connectivity index (χ3v) is 3.61. The molecule has 82 valence electrons. The molecule has 5 nitrogen and oxygen atoms in total. The number of nitrogens with zero attached hydrogens (tertiary/aromatic N) is 1. The molecular weight excluding hydrogens is 264 g/mol. The van der Waals surface area contributed by atoms with Crippen LogP contribution in [-0.4, -0.2) is 40.0 Å². The molecule has 2 saturated heterocycles. The number of halogens is 1. The zero-order chi connectivity index (χ0) is 11.0. The highest BCUT2D eigenvalue weighted by Crippen LogP contribution is 2.23. The average molecular weight is 275 g/mol. The van der Waals surface area contributed by atoms with Crippen LogP contribution in [0.2, 0.25) is 0 Å². The molecule has 2 aliphatic heterocycles. The lowest BCUT2D eigenvalue weighted by Crippen LogP contribution is -2.53. The lowest BCUT2D eigenvalue weighted by Gasteiger charge is -2.29. The van der Waals surface area contributed by atoms with Crippen LogP contribution in [0.1, 0.15) is 19.3 Å². The second kappa shape index (κ2) is 3.92. The number of hydrogen-bond donors (Lipinski definition) is 1. The van der Waals surface area contributed by atoms with Gasteiger partial charge in [-0.1, -0.05) is 15.9 Å². The van der Waals surface area contributed by atoms with Gasteiger partial charge in [0.25, 0.3) is 0 Å². The van der Waals surface area contributed by atoms with Gasteiger partial charge in [0.2, 0.25) is 17.7 Å². The number of alkyl halides is 1. The van der Waals surface area contributed by atoms with Crippen LogP contribution in [0.5, 0.6) is 0 Å². The Morgan fingerprint density at radius 1 is 1.27 bits per heavy atom. The summed E-state index contributed by atoms with van der Waals surface area (Å²) in [6, 6.07) is -0.460. The second-order valence-electron chi connectivity index (χ2n) is 3.75. The molecular formula is C9H11BrN2O3. The third-order valence-electron chi connectivity index (χ3n) is 2.76. The van der Waals surface area contributed by atoms with Gasteiger partial charge in [0.15, 0.2) is 0 Å². The van der Waals surface area contributed by atoms with E-state index in [1.54, 1.807) is 4.90 Å². The Labute approximate surface area is 95.3 Å². The highest BCUT2D eigenvalue weighted by molar-refractivity contribution is 9.10. The molecule has 3 amide bonds. The smallest absolute Gasteiger partial charge is 0.249 e. The van der Waals surface area contributed by atoms with Crippen LogP contribution in [0, 0.1) is 0 Å². The van der Waals surface area contributed by atoms with Crippen LogP contribution in [0.4, 0.5) is 0 Å². The van der Waals surface area contributed by atoms with E-state index in [1.165, 1.54) is 0 Å². The van der Waals surface area contributed by atoms with Crippen molar-refractivity contribution in [1.82, 2.24) is 10.2 Å². The van der Waals surface area contributed by atoms with Crippen LogP contribution < -0.4 is 5.32 Å². The molecule has 2 aliphatic rings. The molecule has 2 fully saturated rings. The van der Waals surface area contributed by atoms with Crippen molar-refractivity contribution in [1.29, 1.82) is 0 Å². The Bertz CT molecular complexity index is 331. The summed E-state index contributed by atoms with van der Waals surface area (Å²) in [4.78, 5) is 35.5. The first-order chi connectivity index (χ1) is 7.09. The fraction of sp³-hybridized carbons (Fsp3) is 0.667. The zero-order valence-electron chi connectivity index (χ0n) is 8.03. The van der Waals surface area contributed by atoms with E-state index in [-0.39, 0.29) is 22.5 Å². The quantitative estimate of drug-likeness (QED) is 0.532. The molecule has 15 heavy (non-hydrogen) atoms. The van der Waals surface area contributed by atoms with Gasteiger partial charge in [-0.3, -0.25) is 19.7 Å². The predicted octanol–water partition coefficient (Wildman–Crippen LogP) is -0.213. The average Bonchev–Trinajstić information content (AvgIpc) is 2.49. The third kappa shape index (κ3) is 1.90. The molecule has 2 heterocycles. The van der Waals surface area contributed by atoms with Gasteiger partial charge in [0, 0.05) is 13.0 Å². The molecule has 2 unspecified atom stereocenters. The molecule has 0 radical (unpaired) electrons. The molecule has 0 aromatic heterocycles. The highest BCUT2D eigenvalue weighted by Gasteiger charge is 2.39. The van der Waals surface area contributed by atoms with Crippen molar-refractivity contribution >= 4 is 33.7 Å². The first-order valence-electron chi connectivity index (χ1n) is 4.88. The van der Waals surface area contributed by atoms with Crippen LogP contribution in [0.15, 0.2) is 0 Å². The monoisotopic (exact) mass is 274 g/mol. The summed E-state index contributed by atoms with van der Waals surface area (Å²) in [5, 5.41) is 2.25. The largest absolute Gasteiger partial charge is 0.330 e. The minimum atomic E-state index is -0.460. The van der Waals surface area contributed by atoms with Crippen molar-refractivity contribution in [2.75, 3.05) is 6.54 Å². The minimum absolute atomic E-state index is 0.0514. The van der Waals surface area contributed by atoms with Crippen LogP contribution in [0.3, 0.4) is 0 Å². The lowest BCUT2D eigenvalue weighted by molar-refractivity contribution is -0.143. The van der Waals surface area contributed by atoms with Crippen LogP contribution in [0.25, 0.3) is 0 Å². The van der Waals surface area contributed by atoms with Gasteiger partial charge >= 0.3 is 0 Å². The van der Waals surface area contributed by atoms with Crippen LogP contribution in [-0.2, 0) is 14.4 Å². The number of carbonyl (C=O) groups is 3. The van der Waals surface area contributed by atoms with Gasteiger partial charge in [0.05, 0.1) is 4.83 Å². The van der Waals surface area contributed by atoms with Crippen molar-refractivity contribution in [3.05, 3.63) is 0 Å². The molecule has 0 aromatic carbocycles. The Hall–Kier alpha value is -0.910. The normalized spacial score (nSPS) is 32.1. The van der Waals surface area contributed by atoms with Gasteiger partial charge in [-0.2, -0.15) is 0 Å². The number of hydrogen-bond acceptors (Lipinski definition) is 3. The van der Waals surface area contributed by atoms with Crippen molar-refractivity contribution in [2.45, 2.75) is 30.1 Å². The van der Waals surface area contributed by atoms with Crippen LogP contribution >= 0.6 is 15.9 Å². The minimum Gasteiger partial charge on any atom is -0.330 e. The van der Waals surface area contributed by atoms with E-state index in [4.69, 9.17) is 0 Å². The van der Waals surface area contributed by atoms with Crippen molar-refractivity contribution in [3.8, 4) is 0 Å². The molecule has 0 aromatic rings. The number of piperidine rings is 1. The number of likely N-dealkylation sites (tertiary alicyclic amines) is 1. The number of carbonyl (C=O) groups excluding carboxylic acids is 3. The fourth-order valence-corrected chi connectivity index (χ4v) is 2.42.